The zero-order valence-electron chi connectivity index (χ0n) is 10.7. The van der Waals surface area contributed by atoms with Gasteiger partial charge in [0.15, 0.2) is 0 Å². The lowest BCUT2D eigenvalue weighted by Crippen LogP contribution is -2.30. The number of carbonyl (C=O) groups excluding carboxylic acids is 1. The predicted octanol–water partition coefficient (Wildman–Crippen LogP) is 3.51. The maximum Gasteiger partial charge on any atom is 0.254 e. The molecule has 2 aromatic rings. The van der Waals surface area contributed by atoms with E-state index < -0.39 is 0 Å². The number of amides is 1. The molecule has 4 heteroatoms. The van der Waals surface area contributed by atoms with Gasteiger partial charge in [-0.1, -0.05) is 22.0 Å². The predicted molar refractivity (Wildman–Crippen MR) is 78.8 cm³/mol. The fraction of sp³-hybridized carbons (Fsp3) is 0.200. The lowest BCUT2D eigenvalue weighted by atomic mass is 10.2. The first kappa shape index (κ1) is 13.7. The standard InChI is InChI=1S/C15H15BrN2O/c1-2-18(11-12-6-8-17-9-7-12)15(19)13-4-3-5-14(16)10-13/h3-10H,2,11H2,1H3. The minimum Gasteiger partial charge on any atom is -0.335 e. The second-order valence-corrected chi connectivity index (χ2v) is 5.10. The highest BCUT2D eigenvalue weighted by atomic mass is 79.9. The van der Waals surface area contributed by atoms with Crippen LogP contribution in [0.5, 0.6) is 0 Å². The smallest absolute Gasteiger partial charge is 0.254 e. The van der Waals surface area contributed by atoms with Crippen molar-refractivity contribution in [2.45, 2.75) is 13.5 Å². The van der Waals surface area contributed by atoms with Crippen LogP contribution in [0.25, 0.3) is 0 Å². The molecule has 1 heterocycles. The maximum atomic E-state index is 12.4. The van der Waals surface area contributed by atoms with Gasteiger partial charge in [0.1, 0.15) is 0 Å². The Kier molecular flexibility index (Phi) is 4.68. The lowest BCUT2D eigenvalue weighted by molar-refractivity contribution is 0.0752. The molecule has 0 atom stereocenters. The van der Waals surface area contributed by atoms with Crippen LogP contribution in [-0.4, -0.2) is 22.3 Å². The number of nitrogens with zero attached hydrogens (tertiary/aromatic N) is 2. The van der Waals surface area contributed by atoms with E-state index in [4.69, 9.17) is 0 Å². The average Bonchev–Trinajstić information content (AvgIpc) is 2.45. The fourth-order valence-electron chi connectivity index (χ4n) is 1.84. The first-order valence-corrected chi connectivity index (χ1v) is 6.93. The third kappa shape index (κ3) is 3.64. The summed E-state index contributed by atoms with van der Waals surface area (Å²) in [5, 5.41) is 0. The molecule has 0 radical (unpaired) electrons. The first-order chi connectivity index (χ1) is 9.20. The summed E-state index contributed by atoms with van der Waals surface area (Å²) in [6.45, 7) is 3.26. The molecule has 0 fully saturated rings. The van der Waals surface area contributed by atoms with Crippen molar-refractivity contribution in [3.8, 4) is 0 Å². The third-order valence-electron chi connectivity index (χ3n) is 2.86. The zero-order valence-corrected chi connectivity index (χ0v) is 12.3. The summed E-state index contributed by atoms with van der Waals surface area (Å²) in [4.78, 5) is 18.2. The molecule has 1 aromatic heterocycles. The van der Waals surface area contributed by atoms with Crippen molar-refractivity contribution in [3.63, 3.8) is 0 Å². The number of hydrogen-bond donors (Lipinski definition) is 0. The van der Waals surface area contributed by atoms with Crippen molar-refractivity contribution >= 4 is 21.8 Å². The fourth-order valence-corrected chi connectivity index (χ4v) is 2.24. The molecule has 0 unspecified atom stereocenters. The summed E-state index contributed by atoms with van der Waals surface area (Å²) >= 11 is 3.39. The van der Waals surface area contributed by atoms with Crippen molar-refractivity contribution in [1.29, 1.82) is 0 Å². The first-order valence-electron chi connectivity index (χ1n) is 6.14. The summed E-state index contributed by atoms with van der Waals surface area (Å²) in [7, 11) is 0. The Morgan fingerprint density at radius 2 is 2.00 bits per heavy atom. The van der Waals surface area contributed by atoms with Crippen LogP contribution in [0.15, 0.2) is 53.3 Å². The van der Waals surface area contributed by atoms with Gasteiger partial charge in [-0.3, -0.25) is 9.78 Å². The molecule has 2 rings (SSSR count). The van der Waals surface area contributed by atoms with Crippen LogP contribution in [0, 0.1) is 0 Å². The molecule has 0 aliphatic rings. The van der Waals surface area contributed by atoms with Crippen LogP contribution in [-0.2, 0) is 6.54 Å². The van der Waals surface area contributed by atoms with Gasteiger partial charge in [-0.25, -0.2) is 0 Å². The van der Waals surface area contributed by atoms with Gasteiger partial charge in [0.2, 0.25) is 0 Å². The topological polar surface area (TPSA) is 33.2 Å². The zero-order chi connectivity index (χ0) is 13.7. The van der Waals surface area contributed by atoms with Gasteiger partial charge in [-0.2, -0.15) is 0 Å². The van der Waals surface area contributed by atoms with Crippen LogP contribution in [0.1, 0.15) is 22.8 Å². The number of aromatic nitrogens is 1. The molecule has 0 bridgehead atoms. The third-order valence-corrected chi connectivity index (χ3v) is 3.36. The molecule has 3 nitrogen and oxygen atoms in total. The summed E-state index contributed by atoms with van der Waals surface area (Å²) in [5.41, 5.74) is 1.78. The van der Waals surface area contributed by atoms with Crippen molar-refractivity contribution in [3.05, 3.63) is 64.4 Å². The molecule has 98 valence electrons. The molecule has 1 amide bonds. The van der Waals surface area contributed by atoms with E-state index in [1.54, 1.807) is 12.4 Å². The van der Waals surface area contributed by atoms with E-state index in [9.17, 15) is 4.79 Å². The van der Waals surface area contributed by atoms with Crippen LogP contribution in [0.3, 0.4) is 0 Å². The van der Waals surface area contributed by atoms with Gasteiger partial charge >= 0.3 is 0 Å². The minimum atomic E-state index is 0.0422. The number of halogens is 1. The second-order valence-electron chi connectivity index (χ2n) is 4.19. The number of rotatable bonds is 4. The quantitative estimate of drug-likeness (QED) is 0.864. The van der Waals surface area contributed by atoms with E-state index in [2.05, 4.69) is 20.9 Å². The molecule has 0 aliphatic heterocycles. The molecule has 19 heavy (non-hydrogen) atoms. The summed E-state index contributed by atoms with van der Waals surface area (Å²) in [6.07, 6.45) is 3.49. The number of hydrogen-bond acceptors (Lipinski definition) is 2. The van der Waals surface area contributed by atoms with Gasteiger partial charge in [-0.05, 0) is 42.8 Å². The highest BCUT2D eigenvalue weighted by molar-refractivity contribution is 9.10. The van der Waals surface area contributed by atoms with Gasteiger partial charge in [-0.15, -0.1) is 0 Å². The van der Waals surface area contributed by atoms with Gasteiger partial charge in [0.05, 0.1) is 0 Å². The van der Waals surface area contributed by atoms with E-state index in [0.717, 1.165) is 10.0 Å². The Labute approximate surface area is 121 Å². The number of benzene rings is 1. The second kappa shape index (κ2) is 6.48. The minimum absolute atomic E-state index is 0.0422. The normalized spacial score (nSPS) is 10.2. The van der Waals surface area contributed by atoms with Crippen molar-refractivity contribution < 1.29 is 4.79 Å². The van der Waals surface area contributed by atoms with Gasteiger partial charge < -0.3 is 4.90 Å². The maximum absolute atomic E-state index is 12.4. The van der Waals surface area contributed by atoms with Crippen molar-refractivity contribution in [2.75, 3.05) is 6.54 Å². The number of carbonyl (C=O) groups is 1. The molecule has 0 saturated heterocycles. The van der Waals surface area contributed by atoms with Gasteiger partial charge in [0, 0.05) is 35.5 Å². The van der Waals surface area contributed by atoms with Crippen LogP contribution >= 0.6 is 15.9 Å². The highest BCUT2D eigenvalue weighted by Gasteiger charge is 2.14. The Balaban J connectivity index is 2.16. The Morgan fingerprint density at radius 1 is 1.26 bits per heavy atom. The van der Waals surface area contributed by atoms with E-state index in [1.807, 2.05) is 48.2 Å². The molecule has 1 aromatic carbocycles. The summed E-state index contributed by atoms with van der Waals surface area (Å²) < 4.78 is 0.915. The molecule has 0 aliphatic carbocycles. The van der Waals surface area contributed by atoms with E-state index >= 15 is 0 Å². The lowest BCUT2D eigenvalue weighted by Gasteiger charge is -2.21. The monoisotopic (exact) mass is 318 g/mol. The molecule has 0 spiro atoms. The van der Waals surface area contributed by atoms with Gasteiger partial charge in [0.25, 0.3) is 5.91 Å². The molecular formula is C15H15BrN2O. The Morgan fingerprint density at radius 3 is 2.63 bits per heavy atom. The van der Waals surface area contributed by atoms with Crippen LogP contribution in [0.2, 0.25) is 0 Å². The van der Waals surface area contributed by atoms with Crippen LogP contribution in [0.4, 0.5) is 0 Å². The Bertz CT molecular complexity index is 557. The van der Waals surface area contributed by atoms with Crippen molar-refractivity contribution in [1.82, 2.24) is 9.88 Å². The highest BCUT2D eigenvalue weighted by Crippen LogP contribution is 2.15. The Hall–Kier alpha value is -1.68. The SMILES string of the molecule is CCN(Cc1ccncc1)C(=O)c1cccc(Br)c1. The van der Waals surface area contributed by atoms with E-state index in [-0.39, 0.29) is 5.91 Å². The molecule has 0 N–H and O–H groups in total. The number of pyridine rings is 1. The molecular weight excluding hydrogens is 304 g/mol. The average molecular weight is 319 g/mol. The summed E-state index contributed by atoms with van der Waals surface area (Å²) in [6, 6.07) is 11.3. The van der Waals surface area contributed by atoms with Crippen molar-refractivity contribution in [2.24, 2.45) is 0 Å². The summed E-state index contributed by atoms with van der Waals surface area (Å²) in [5.74, 6) is 0.0422. The largest absolute Gasteiger partial charge is 0.335 e. The molecule has 0 saturated carbocycles. The van der Waals surface area contributed by atoms with Crippen LogP contribution < -0.4 is 0 Å². The van der Waals surface area contributed by atoms with E-state index in [0.29, 0.717) is 18.7 Å². The van der Waals surface area contributed by atoms with E-state index in [1.165, 1.54) is 0 Å².